The van der Waals surface area contributed by atoms with Crippen LogP contribution in [0.25, 0.3) is 10.9 Å². The Bertz CT molecular complexity index is 1170. The number of carbonyl (C=O) groups excluding carboxylic acids is 2. The molecule has 0 aliphatic carbocycles. The topological polar surface area (TPSA) is 85.5 Å². The maximum Gasteiger partial charge on any atom is 0.263 e. The Labute approximate surface area is 188 Å². The minimum Gasteiger partial charge on any atom is -0.481 e. The van der Waals surface area contributed by atoms with E-state index in [0.717, 1.165) is 40.6 Å². The molecule has 4 rings (SSSR count). The predicted molar refractivity (Wildman–Crippen MR) is 125 cm³/mol. The van der Waals surface area contributed by atoms with Gasteiger partial charge in [-0.2, -0.15) is 0 Å². The molecule has 3 aromatic rings. The highest BCUT2D eigenvalue weighted by Gasteiger charge is 2.31. The first kappa shape index (κ1) is 21.8. The molecule has 2 heterocycles. The van der Waals surface area contributed by atoms with E-state index >= 15 is 0 Å². The van der Waals surface area contributed by atoms with Crippen LogP contribution in [-0.2, 0) is 4.79 Å². The van der Waals surface area contributed by atoms with Crippen LogP contribution in [0, 0.1) is 13.8 Å². The van der Waals surface area contributed by atoms with Crippen molar-refractivity contribution in [3.05, 3.63) is 70.9 Å². The summed E-state index contributed by atoms with van der Waals surface area (Å²) < 4.78 is 5.99. The Morgan fingerprint density at radius 1 is 1.16 bits per heavy atom. The average Bonchev–Trinajstić information content (AvgIpc) is 2.79. The number of hydrogen-bond acceptors (Lipinski definition) is 4. The number of hydrogen-bond donors (Lipinski definition) is 1. The lowest BCUT2D eigenvalue weighted by Crippen LogP contribution is -2.45. The van der Waals surface area contributed by atoms with Gasteiger partial charge in [0.05, 0.1) is 16.8 Å². The first-order valence-corrected chi connectivity index (χ1v) is 11.1. The molecule has 2 N–H and O–H groups in total. The number of primary amides is 1. The summed E-state index contributed by atoms with van der Waals surface area (Å²) in [5, 5.41) is 0.879. The highest BCUT2D eigenvalue weighted by atomic mass is 16.5. The van der Waals surface area contributed by atoms with Gasteiger partial charge in [-0.3, -0.25) is 14.6 Å². The number of carbonyl (C=O) groups is 2. The van der Waals surface area contributed by atoms with Gasteiger partial charge in [0.15, 0.2) is 6.10 Å². The molecule has 32 heavy (non-hydrogen) atoms. The van der Waals surface area contributed by atoms with E-state index < -0.39 is 12.0 Å². The number of likely N-dealkylation sites (tertiary alicyclic amines) is 1. The normalized spacial score (nSPS) is 17.2. The monoisotopic (exact) mass is 431 g/mol. The maximum absolute atomic E-state index is 13.2. The van der Waals surface area contributed by atoms with Crippen LogP contribution in [0.3, 0.4) is 0 Å². The lowest BCUT2D eigenvalue weighted by atomic mass is 9.90. The summed E-state index contributed by atoms with van der Waals surface area (Å²) in [6, 6.07) is 15.4. The van der Waals surface area contributed by atoms with Crippen LogP contribution in [0.5, 0.6) is 5.75 Å². The van der Waals surface area contributed by atoms with E-state index in [1.54, 1.807) is 6.92 Å². The van der Waals surface area contributed by atoms with Crippen molar-refractivity contribution in [3.63, 3.8) is 0 Å². The van der Waals surface area contributed by atoms with Gasteiger partial charge in [-0.15, -0.1) is 0 Å². The summed E-state index contributed by atoms with van der Waals surface area (Å²) in [4.78, 5) is 31.9. The number of fused-ring (bicyclic) bond motifs is 1. The molecule has 0 radical (unpaired) electrons. The number of piperidine rings is 1. The van der Waals surface area contributed by atoms with Crippen molar-refractivity contribution in [2.24, 2.45) is 5.73 Å². The van der Waals surface area contributed by atoms with Crippen molar-refractivity contribution in [3.8, 4) is 5.75 Å². The number of benzene rings is 2. The van der Waals surface area contributed by atoms with Gasteiger partial charge in [0.2, 0.25) is 0 Å². The molecule has 2 aromatic carbocycles. The van der Waals surface area contributed by atoms with Gasteiger partial charge in [0.25, 0.3) is 11.8 Å². The zero-order valence-electron chi connectivity index (χ0n) is 18.8. The van der Waals surface area contributed by atoms with Gasteiger partial charge in [0, 0.05) is 24.4 Å². The summed E-state index contributed by atoms with van der Waals surface area (Å²) in [7, 11) is 0. The predicted octanol–water partition coefficient (Wildman–Crippen LogP) is 4.12. The second-order valence-corrected chi connectivity index (χ2v) is 8.63. The number of nitrogens with two attached hydrogens (primary N) is 1. The zero-order chi connectivity index (χ0) is 22.8. The van der Waals surface area contributed by atoms with Crippen molar-refractivity contribution in [1.82, 2.24) is 9.88 Å². The number of ether oxygens (including phenoxy) is 1. The van der Waals surface area contributed by atoms with Crippen LogP contribution in [-0.4, -0.2) is 40.9 Å². The minimum atomic E-state index is -0.602. The third-order valence-electron chi connectivity index (χ3n) is 6.12. The summed E-state index contributed by atoms with van der Waals surface area (Å²) >= 11 is 0. The third kappa shape index (κ3) is 4.44. The van der Waals surface area contributed by atoms with Crippen molar-refractivity contribution in [2.45, 2.75) is 45.6 Å². The molecular formula is C26H29N3O3. The number of para-hydroxylation sites is 1. The summed E-state index contributed by atoms with van der Waals surface area (Å²) in [6.45, 7) is 6.95. The van der Waals surface area contributed by atoms with E-state index in [0.29, 0.717) is 24.3 Å². The van der Waals surface area contributed by atoms with Gasteiger partial charge < -0.3 is 15.4 Å². The molecule has 2 unspecified atom stereocenters. The van der Waals surface area contributed by atoms with Crippen molar-refractivity contribution in [2.75, 3.05) is 13.1 Å². The molecular weight excluding hydrogens is 402 g/mol. The van der Waals surface area contributed by atoms with Gasteiger partial charge >= 0.3 is 0 Å². The highest BCUT2D eigenvalue weighted by Crippen LogP contribution is 2.31. The fourth-order valence-corrected chi connectivity index (χ4v) is 4.47. The zero-order valence-corrected chi connectivity index (χ0v) is 18.8. The molecule has 2 amide bonds. The Morgan fingerprint density at radius 2 is 1.94 bits per heavy atom. The first-order valence-electron chi connectivity index (χ1n) is 11.1. The summed E-state index contributed by atoms with van der Waals surface area (Å²) in [6.07, 6.45) is 1.08. The Morgan fingerprint density at radius 3 is 2.69 bits per heavy atom. The first-order chi connectivity index (χ1) is 15.3. The lowest BCUT2D eigenvalue weighted by molar-refractivity contribution is -0.139. The number of amides is 2. The largest absolute Gasteiger partial charge is 0.481 e. The molecule has 6 heteroatoms. The van der Waals surface area contributed by atoms with Crippen LogP contribution in [0.4, 0.5) is 0 Å². The summed E-state index contributed by atoms with van der Waals surface area (Å²) in [5.74, 6) is 0.120. The molecule has 0 spiro atoms. The van der Waals surface area contributed by atoms with Crippen LogP contribution in [0.2, 0.25) is 0 Å². The molecule has 1 aromatic heterocycles. The Hall–Kier alpha value is -3.41. The van der Waals surface area contributed by atoms with Crippen LogP contribution < -0.4 is 10.5 Å². The van der Waals surface area contributed by atoms with Gasteiger partial charge in [-0.1, -0.05) is 35.9 Å². The molecule has 1 fully saturated rings. The molecule has 0 bridgehead atoms. The van der Waals surface area contributed by atoms with E-state index in [1.165, 1.54) is 0 Å². The Kier molecular flexibility index (Phi) is 6.12. The smallest absolute Gasteiger partial charge is 0.263 e. The maximum atomic E-state index is 13.2. The summed E-state index contributed by atoms with van der Waals surface area (Å²) in [5.41, 5.74) is 9.78. The minimum absolute atomic E-state index is 0.0480. The molecule has 1 aliphatic rings. The number of aromatic nitrogens is 1. The van der Waals surface area contributed by atoms with E-state index in [4.69, 9.17) is 15.5 Å². The van der Waals surface area contributed by atoms with Crippen LogP contribution in [0.1, 0.15) is 52.9 Å². The second kappa shape index (κ2) is 8.99. The van der Waals surface area contributed by atoms with Gasteiger partial charge in [-0.05, 0) is 57.4 Å². The molecule has 1 saturated heterocycles. The van der Waals surface area contributed by atoms with Crippen molar-refractivity contribution < 1.29 is 14.3 Å². The van der Waals surface area contributed by atoms with E-state index in [2.05, 4.69) is 0 Å². The standard InChI is InChI=1S/C26H29N3O3/c1-16-10-11-23(17(2)13-16)32-18(3)26(31)29-12-6-8-20(15-29)24-21(25(27)30)14-19-7-4-5-9-22(19)28-24/h4-5,7,9-11,13-14,18,20H,6,8,12,15H2,1-3H3,(H2,27,30). The average molecular weight is 432 g/mol. The fraction of sp³-hybridized carbons (Fsp3) is 0.346. The SMILES string of the molecule is Cc1ccc(OC(C)C(=O)N2CCCC(c3nc4ccccc4cc3C(N)=O)C2)c(C)c1. The van der Waals surface area contributed by atoms with E-state index in [-0.39, 0.29) is 11.8 Å². The number of aryl methyl sites for hydroxylation is 2. The van der Waals surface area contributed by atoms with Crippen molar-refractivity contribution in [1.29, 1.82) is 0 Å². The van der Waals surface area contributed by atoms with Gasteiger partial charge in [0.1, 0.15) is 5.75 Å². The molecule has 6 nitrogen and oxygen atoms in total. The quantitative estimate of drug-likeness (QED) is 0.658. The van der Waals surface area contributed by atoms with Crippen LogP contribution >= 0.6 is 0 Å². The number of pyridine rings is 1. The lowest BCUT2D eigenvalue weighted by Gasteiger charge is -2.34. The van der Waals surface area contributed by atoms with E-state index in [1.807, 2.05) is 67.3 Å². The van der Waals surface area contributed by atoms with E-state index in [9.17, 15) is 9.59 Å². The molecule has 166 valence electrons. The molecule has 1 aliphatic heterocycles. The number of nitrogens with zero attached hydrogens (tertiary/aromatic N) is 2. The van der Waals surface area contributed by atoms with Crippen LogP contribution in [0.15, 0.2) is 48.5 Å². The fourth-order valence-electron chi connectivity index (χ4n) is 4.47. The number of rotatable bonds is 5. The third-order valence-corrected chi connectivity index (χ3v) is 6.12. The highest BCUT2D eigenvalue weighted by molar-refractivity contribution is 5.97. The second-order valence-electron chi connectivity index (χ2n) is 8.63. The molecule has 2 atom stereocenters. The molecule has 0 saturated carbocycles. The Balaban J connectivity index is 1.55. The van der Waals surface area contributed by atoms with Crippen molar-refractivity contribution >= 4 is 22.7 Å². The van der Waals surface area contributed by atoms with Gasteiger partial charge in [-0.25, -0.2) is 0 Å².